The molecular formula is C36H38N4OS. The van der Waals surface area contributed by atoms with E-state index in [1.807, 2.05) is 17.2 Å². The highest BCUT2D eigenvalue weighted by Gasteiger charge is 2.27. The number of amides is 1. The van der Waals surface area contributed by atoms with Gasteiger partial charge in [-0.2, -0.15) is 0 Å². The molecule has 1 aliphatic heterocycles. The number of fused-ring (bicyclic) bond motifs is 1. The number of aryl methyl sites for hydroxylation is 2. The average molecular weight is 575 g/mol. The Labute approximate surface area is 252 Å². The monoisotopic (exact) mass is 574 g/mol. The van der Waals surface area contributed by atoms with Crippen LogP contribution in [0, 0.1) is 0 Å². The number of piperidine rings is 1. The zero-order valence-corrected chi connectivity index (χ0v) is 25.2. The van der Waals surface area contributed by atoms with Crippen molar-refractivity contribution in [1.29, 1.82) is 0 Å². The lowest BCUT2D eigenvalue weighted by Gasteiger charge is -2.32. The molecule has 0 aliphatic carbocycles. The van der Waals surface area contributed by atoms with Gasteiger partial charge >= 0.3 is 0 Å². The average Bonchev–Trinajstić information content (AvgIpc) is 3.46. The van der Waals surface area contributed by atoms with E-state index in [0.717, 1.165) is 54.7 Å². The van der Waals surface area contributed by atoms with E-state index in [2.05, 4.69) is 109 Å². The van der Waals surface area contributed by atoms with Crippen molar-refractivity contribution in [3.63, 3.8) is 0 Å². The first kappa shape index (κ1) is 28.0. The molecule has 1 fully saturated rings. The molecule has 1 aliphatic rings. The number of aromatic nitrogens is 1. The van der Waals surface area contributed by atoms with Crippen molar-refractivity contribution in [2.75, 3.05) is 37.4 Å². The third-order valence-electron chi connectivity index (χ3n) is 8.39. The number of nitrogens with zero attached hydrogens (tertiary/aromatic N) is 3. The number of carbonyl (C=O) groups is 1. The van der Waals surface area contributed by atoms with E-state index in [4.69, 9.17) is 4.98 Å². The standard InChI is InChI=1S/C36H38N4OS/c1-39(2)31-17-14-26(15-18-31)13-16-30-25-42-35-33(30)38-24-32(34(35)37-23-27-9-5-3-6-10-27)36(41)40-21-19-29(20-22-40)28-11-7-4-8-12-28/h3-12,14-15,17-18,24-25,29H,13,16,19-23H2,1-2H3,(H,37,38). The van der Waals surface area contributed by atoms with Crippen LogP contribution in [0.5, 0.6) is 0 Å². The second kappa shape index (κ2) is 12.8. The molecule has 42 heavy (non-hydrogen) atoms. The van der Waals surface area contributed by atoms with Gasteiger partial charge in [0.05, 0.1) is 21.5 Å². The lowest BCUT2D eigenvalue weighted by molar-refractivity contribution is 0.0713. The molecule has 6 rings (SSSR count). The fraction of sp³-hybridized carbons (Fsp3) is 0.278. The molecule has 214 valence electrons. The van der Waals surface area contributed by atoms with Crippen LogP contribution in [0.4, 0.5) is 11.4 Å². The van der Waals surface area contributed by atoms with Gasteiger partial charge in [-0.05, 0) is 71.4 Å². The van der Waals surface area contributed by atoms with Gasteiger partial charge in [0.1, 0.15) is 0 Å². The maximum Gasteiger partial charge on any atom is 0.257 e. The number of anilines is 2. The number of thiophene rings is 1. The topological polar surface area (TPSA) is 48.5 Å². The summed E-state index contributed by atoms with van der Waals surface area (Å²) in [6.07, 6.45) is 5.63. The normalized spacial score (nSPS) is 13.8. The van der Waals surface area contributed by atoms with Crippen molar-refractivity contribution in [2.45, 2.75) is 38.1 Å². The summed E-state index contributed by atoms with van der Waals surface area (Å²) in [5, 5.41) is 5.87. The first-order valence-electron chi connectivity index (χ1n) is 14.8. The minimum absolute atomic E-state index is 0.0717. The Balaban J connectivity index is 1.23. The summed E-state index contributed by atoms with van der Waals surface area (Å²) in [6, 6.07) is 29.8. The van der Waals surface area contributed by atoms with Gasteiger partial charge in [-0.3, -0.25) is 9.78 Å². The number of hydrogen-bond donors (Lipinski definition) is 1. The van der Waals surface area contributed by atoms with Gasteiger partial charge in [-0.15, -0.1) is 11.3 Å². The number of rotatable bonds is 9. The minimum Gasteiger partial charge on any atom is -0.379 e. The molecule has 0 atom stereocenters. The van der Waals surface area contributed by atoms with Crippen LogP contribution in [0.2, 0.25) is 0 Å². The van der Waals surface area contributed by atoms with E-state index in [9.17, 15) is 4.79 Å². The molecule has 5 nitrogen and oxygen atoms in total. The Morgan fingerprint density at radius 2 is 1.60 bits per heavy atom. The van der Waals surface area contributed by atoms with Crippen LogP contribution in [0.25, 0.3) is 10.2 Å². The van der Waals surface area contributed by atoms with Crippen molar-refractivity contribution in [1.82, 2.24) is 9.88 Å². The van der Waals surface area contributed by atoms with Gasteiger partial charge in [-0.25, -0.2) is 0 Å². The van der Waals surface area contributed by atoms with Crippen LogP contribution in [-0.4, -0.2) is 43.0 Å². The number of nitrogens with one attached hydrogen (secondary N) is 1. The highest BCUT2D eigenvalue weighted by atomic mass is 32.1. The second-order valence-corrected chi connectivity index (χ2v) is 12.2. The van der Waals surface area contributed by atoms with Crippen molar-refractivity contribution in [3.05, 3.63) is 124 Å². The van der Waals surface area contributed by atoms with Crippen LogP contribution in [0.1, 0.15) is 51.4 Å². The van der Waals surface area contributed by atoms with E-state index >= 15 is 0 Å². The Morgan fingerprint density at radius 1 is 0.905 bits per heavy atom. The van der Waals surface area contributed by atoms with Crippen LogP contribution in [0.15, 0.2) is 96.5 Å². The Hall–Kier alpha value is -4.16. The molecule has 0 bridgehead atoms. The Kier molecular flexibility index (Phi) is 8.52. The van der Waals surface area contributed by atoms with Crippen LogP contribution in [0.3, 0.4) is 0 Å². The summed E-state index contributed by atoms with van der Waals surface area (Å²) in [5.41, 5.74) is 8.89. The second-order valence-electron chi connectivity index (χ2n) is 11.4. The molecule has 1 amide bonds. The molecule has 0 saturated carbocycles. The van der Waals surface area contributed by atoms with Crippen LogP contribution < -0.4 is 10.2 Å². The Morgan fingerprint density at radius 3 is 2.29 bits per heavy atom. The predicted octanol–water partition coefficient (Wildman–Crippen LogP) is 7.78. The summed E-state index contributed by atoms with van der Waals surface area (Å²) in [5.74, 6) is 0.577. The highest BCUT2D eigenvalue weighted by Crippen LogP contribution is 2.36. The first-order chi connectivity index (χ1) is 20.6. The quantitative estimate of drug-likeness (QED) is 0.195. The zero-order chi connectivity index (χ0) is 28.9. The molecule has 1 N–H and O–H groups in total. The number of carbonyl (C=O) groups excluding carboxylic acids is 1. The lowest BCUT2D eigenvalue weighted by Crippen LogP contribution is -2.38. The molecule has 1 saturated heterocycles. The van der Waals surface area contributed by atoms with Crippen molar-refractivity contribution in [3.8, 4) is 0 Å². The smallest absolute Gasteiger partial charge is 0.257 e. The molecule has 3 heterocycles. The third kappa shape index (κ3) is 6.19. The summed E-state index contributed by atoms with van der Waals surface area (Å²) >= 11 is 1.69. The maximum atomic E-state index is 14.0. The first-order valence-corrected chi connectivity index (χ1v) is 15.7. The molecule has 0 unspecified atom stereocenters. The fourth-order valence-electron chi connectivity index (χ4n) is 5.87. The van der Waals surface area contributed by atoms with Crippen molar-refractivity contribution >= 4 is 38.8 Å². The summed E-state index contributed by atoms with van der Waals surface area (Å²) < 4.78 is 1.06. The summed E-state index contributed by atoms with van der Waals surface area (Å²) in [7, 11) is 4.13. The van der Waals surface area contributed by atoms with Gasteiger partial charge < -0.3 is 15.1 Å². The maximum absolute atomic E-state index is 14.0. The summed E-state index contributed by atoms with van der Waals surface area (Å²) in [4.78, 5) is 23.0. The molecule has 6 heteroatoms. The largest absolute Gasteiger partial charge is 0.379 e. The molecule has 0 spiro atoms. The molecule has 5 aromatic rings. The minimum atomic E-state index is 0.0717. The van der Waals surface area contributed by atoms with E-state index in [0.29, 0.717) is 18.0 Å². The SMILES string of the molecule is CN(C)c1ccc(CCc2csc3c(NCc4ccccc4)c(C(=O)N4CCC(c5ccccc5)CC4)cnc23)cc1. The zero-order valence-electron chi connectivity index (χ0n) is 24.4. The van der Waals surface area contributed by atoms with Crippen LogP contribution in [-0.2, 0) is 19.4 Å². The number of benzene rings is 3. The number of pyridine rings is 1. The van der Waals surface area contributed by atoms with E-state index in [1.165, 1.54) is 27.9 Å². The van der Waals surface area contributed by atoms with Crippen LogP contribution >= 0.6 is 11.3 Å². The van der Waals surface area contributed by atoms with Gasteiger partial charge in [0.15, 0.2) is 0 Å². The van der Waals surface area contributed by atoms with Gasteiger partial charge in [0, 0.05) is 45.6 Å². The number of hydrogen-bond acceptors (Lipinski definition) is 5. The van der Waals surface area contributed by atoms with Gasteiger partial charge in [-0.1, -0.05) is 72.8 Å². The van der Waals surface area contributed by atoms with Crippen molar-refractivity contribution in [2.24, 2.45) is 0 Å². The third-order valence-corrected chi connectivity index (χ3v) is 9.42. The fourth-order valence-corrected chi connectivity index (χ4v) is 6.96. The lowest BCUT2D eigenvalue weighted by atomic mass is 9.89. The number of likely N-dealkylation sites (tertiary alicyclic amines) is 1. The molecule has 0 radical (unpaired) electrons. The van der Waals surface area contributed by atoms with E-state index in [1.54, 1.807) is 11.3 Å². The predicted molar refractivity (Wildman–Crippen MR) is 176 cm³/mol. The van der Waals surface area contributed by atoms with E-state index in [-0.39, 0.29) is 5.91 Å². The molecule has 2 aromatic heterocycles. The van der Waals surface area contributed by atoms with Gasteiger partial charge in [0.2, 0.25) is 0 Å². The summed E-state index contributed by atoms with van der Waals surface area (Å²) in [6.45, 7) is 2.18. The molecule has 3 aromatic carbocycles. The van der Waals surface area contributed by atoms with E-state index < -0.39 is 0 Å². The molecular weight excluding hydrogens is 536 g/mol. The van der Waals surface area contributed by atoms with Crippen molar-refractivity contribution < 1.29 is 4.79 Å². The highest BCUT2D eigenvalue weighted by molar-refractivity contribution is 7.18. The van der Waals surface area contributed by atoms with Gasteiger partial charge in [0.25, 0.3) is 5.91 Å². The Bertz CT molecular complexity index is 1620.